The van der Waals surface area contributed by atoms with Crippen molar-refractivity contribution in [3.63, 3.8) is 0 Å². The van der Waals surface area contributed by atoms with Gasteiger partial charge in [0.15, 0.2) is 0 Å². The van der Waals surface area contributed by atoms with Crippen LogP contribution in [0, 0.1) is 17.0 Å². The monoisotopic (exact) mass is 296 g/mol. The Morgan fingerprint density at radius 2 is 2.33 bits per heavy atom. The van der Waals surface area contributed by atoms with Crippen molar-refractivity contribution in [2.45, 2.75) is 51.8 Å². The van der Waals surface area contributed by atoms with Gasteiger partial charge in [-0.3, -0.25) is 19.6 Å². The molecule has 0 unspecified atom stereocenters. The van der Waals surface area contributed by atoms with Gasteiger partial charge < -0.3 is 10.1 Å². The number of amides is 1. The van der Waals surface area contributed by atoms with Crippen LogP contribution < -0.4 is 5.32 Å². The molecule has 1 aromatic heterocycles. The molecular formula is C13H20N4O4. The molecule has 8 nitrogen and oxygen atoms in total. The van der Waals surface area contributed by atoms with Crippen LogP contribution in [0.2, 0.25) is 0 Å². The number of carbonyl (C=O) groups excluding carboxylic acids is 1. The van der Waals surface area contributed by atoms with Gasteiger partial charge in [-0.2, -0.15) is 5.10 Å². The fourth-order valence-electron chi connectivity index (χ4n) is 2.40. The quantitative estimate of drug-likeness (QED) is 0.653. The Bertz CT molecular complexity index is 536. The molecule has 1 amide bonds. The van der Waals surface area contributed by atoms with Crippen LogP contribution >= 0.6 is 0 Å². The van der Waals surface area contributed by atoms with Crippen molar-refractivity contribution in [1.82, 2.24) is 15.1 Å². The third-order valence-electron chi connectivity index (χ3n) is 3.76. The van der Waals surface area contributed by atoms with E-state index in [0.29, 0.717) is 5.69 Å². The van der Waals surface area contributed by atoms with Crippen LogP contribution in [0.5, 0.6) is 0 Å². The van der Waals surface area contributed by atoms with Crippen molar-refractivity contribution in [2.24, 2.45) is 0 Å². The highest BCUT2D eigenvalue weighted by Crippen LogP contribution is 2.19. The molecule has 3 atom stereocenters. The highest BCUT2D eigenvalue weighted by atomic mass is 16.6. The molecule has 21 heavy (non-hydrogen) atoms. The highest BCUT2D eigenvalue weighted by Gasteiger charge is 2.27. The minimum atomic E-state index is -0.610. The lowest BCUT2D eigenvalue weighted by atomic mass is 10.1. The molecule has 0 radical (unpaired) electrons. The zero-order chi connectivity index (χ0) is 15.6. The second kappa shape index (κ2) is 6.21. The molecule has 1 N–H and O–H groups in total. The van der Waals surface area contributed by atoms with Crippen molar-refractivity contribution >= 4 is 11.6 Å². The van der Waals surface area contributed by atoms with Crippen molar-refractivity contribution in [3.8, 4) is 0 Å². The standard InChI is InChI=1S/C13H20N4O4/c1-8-11(17(19)20)7-16(15-8)10(3)13(18)14-9(2)12-5-4-6-21-12/h7,9-10,12H,4-6H2,1-3H3,(H,14,18)/t9-,10-,12-/m0/s1. The number of carbonyl (C=O) groups is 1. The van der Waals surface area contributed by atoms with Crippen molar-refractivity contribution in [1.29, 1.82) is 0 Å². The average Bonchev–Trinajstić information content (AvgIpc) is 3.06. The molecule has 2 heterocycles. The number of rotatable bonds is 5. The maximum atomic E-state index is 12.2. The summed E-state index contributed by atoms with van der Waals surface area (Å²) < 4.78 is 6.85. The van der Waals surface area contributed by atoms with Gasteiger partial charge in [0.25, 0.3) is 0 Å². The Hall–Kier alpha value is -1.96. The molecular weight excluding hydrogens is 276 g/mol. The number of aromatic nitrogens is 2. The summed E-state index contributed by atoms with van der Waals surface area (Å²) in [7, 11) is 0. The van der Waals surface area contributed by atoms with E-state index in [1.165, 1.54) is 10.9 Å². The highest BCUT2D eigenvalue weighted by molar-refractivity contribution is 5.80. The van der Waals surface area contributed by atoms with Gasteiger partial charge in [0, 0.05) is 6.61 Å². The summed E-state index contributed by atoms with van der Waals surface area (Å²) in [5, 5.41) is 17.7. The summed E-state index contributed by atoms with van der Waals surface area (Å²) in [6.45, 7) is 5.84. The zero-order valence-corrected chi connectivity index (χ0v) is 12.4. The minimum Gasteiger partial charge on any atom is -0.376 e. The van der Waals surface area contributed by atoms with Crippen LogP contribution in [0.3, 0.4) is 0 Å². The lowest BCUT2D eigenvalue weighted by Gasteiger charge is -2.22. The molecule has 1 fully saturated rings. The van der Waals surface area contributed by atoms with Gasteiger partial charge >= 0.3 is 5.69 Å². The van der Waals surface area contributed by atoms with E-state index in [-0.39, 0.29) is 23.7 Å². The Kier molecular flexibility index (Phi) is 4.56. The molecule has 2 rings (SSSR count). The largest absolute Gasteiger partial charge is 0.376 e. The molecule has 0 aliphatic carbocycles. The van der Waals surface area contributed by atoms with E-state index >= 15 is 0 Å². The van der Waals surface area contributed by atoms with E-state index in [0.717, 1.165) is 19.4 Å². The summed E-state index contributed by atoms with van der Waals surface area (Å²) in [5.74, 6) is -0.226. The molecule has 0 saturated carbocycles. The van der Waals surface area contributed by atoms with Crippen LogP contribution in [-0.2, 0) is 9.53 Å². The van der Waals surface area contributed by atoms with E-state index < -0.39 is 11.0 Å². The molecule has 0 bridgehead atoms. The number of hydrogen-bond donors (Lipinski definition) is 1. The number of aryl methyl sites for hydroxylation is 1. The van der Waals surface area contributed by atoms with Crippen LogP contribution in [0.1, 0.15) is 38.4 Å². The fourth-order valence-corrected chi connectivity index (χ4v) is 2.40. The normalized spacial score (nSPS) is 21.0. The van der Waals surface area contributed by atoms with Crippen molar-refractivity contribution in [2.75, 3.05) is 6.61 Å². The van der Waals surface area contributed by atoms with E-state index in [9.17, 15) is 14.9 Å². The molecule has 0 aromatic carbocycles. The summed E-state index contributed by atoms with van der Waals surface area (Å²) in [4.78, 5) is 22.5. The number of hydrogen-bond acceptors (Lipinski definition) is 5. The van der Waals surface area contributed by atoms with Crippen molar-refractivity contribution in [3.05, 3.63) is 22.0 Å². The Morgan fingerprint density at radius 1 is 1.62 bits per heavy atom. The predicted octanol–water partition coefficient (Wildman–Crippen LogP) is 1.34. The Morgan fingerprint density at radius 3 is 2.86 bits per heavy atom. The average molecular weight is 296 g/mol. The predicted molar refractivity (Wildman–Crippen MR) is 74.9 cm³/mol. The van der Waals surface area contributed by atoms with E-state index in [2.05, 4.69) is 10.4 Å². The summed E-state index contributed by atoms with van der Waals surface area (Å²) in [5.41, 5.74) is 0.216. The fraction of sp³-hybridized carbons (Fsp3) is 0.692. The second-order valence-corrected chi connectivity index (χ2v) is 5.36. The third-order valence-corrected chi connectivity index (χ3v) is 3.76. The van der Waals surface area contributed by atoms with E-state index in [1.807, 2.05) is 6.92 Å². The zero-order valence-electron chi connectivity index (χ0n) is 12.4. The maximum Gasteiger partial charge on any atom is 0.309 e. The number of ether oxygens (including phenoxy) is 1. The van der Waals surface area contributed by atoms with Gasteiger partial charge in [0.2, 0.25) is 5.91 Å². The van der Waals surface area contributed by atoms with E-state index in [4.69, 9.17) is 4.74 Å². The first-order valence-corrected chi connectivity index (χ1v) is 7.02. The van der Waals surface area contributed by atoms with Crippen LogP contribution in [0.25, 0.3) is 0 Å². The molecule has 1 aliphatic rings. The van der Waals surface area contributed by atoms with Crippen LogP contribution in [0.4, 0.5) is 5.69 Å². The minimum absolute atomic E-state index is 0.0369. The first-order valence-electron chi connectivity index (χ1n) is 7.02. The SMILES string of the molecule is Cc1nn([C@@H](C)C(=O)N[C@@H](C)[C@@H]2CCCO2)cc1[N+](=O)[O-]. The van der Waals surface area contributed by atoms with Gasteiger partial charge in [0.05, 0.1) is 17.1 Å². The Balaban J connectivity index is 2.01. The smallest absolute Gasteiger partial charge is 0.309 e. The van der Waals surface area contributed by atoms with Gasteiger partial charge in [-0.25, -0.2) is 0 Å². The lowest BCUT2D eigenvalue weighted by molar-refractivity contribution is -0.385. The van der Waals surface area contributed by atoms with Crippen LogP contribution in [-0.4, -0.2) is 39.4 Å². The second-order valence-electron chi connectivity index (χ2n) is 5.36. The first kappa shape index (κ1) is 15.4. The third kappa shape index (κ3) is 3.38. The van der Waals surface area contributed by atoms with E-state index in [1.54, 1.807) is 13.8 Å². The molecule has 1 aromatic rings. The maximum absolute atomic E-state index is 12.2. The number of nitrogens with one attached hydrogen (secondary N) is 1. The molecule has 116 valence electrons. The van der Waals surface area contributed by atoms with Gasteiger partial charge in [-0.15, -0.1) is 0 Å². The van der Waals surface area contributed by atoms with Crippen LogP contribution in [0.15, 0.2) is 6.20 Å². The first-order chi connectivity index (χ1) is 9.90. The lowest BCUT2D eigenvalue weighted by Crippen LogP contribution is -2.43. The molecule has 1 saturated heterocycles. The molecule has 0 spiro atoms. The van der Waals surface area contributed by atoms with Gasteiger partial charge in [-0.05, 0) is 33.6 Å². The van der Waals surface area contributed by atoms with Gasteiger partial charge in [0.1, 0.15) is 17.9 Å². The summed E-state index contributed by atoms with van der Waals surface area (Å²) >= 11 is 0. The summed E-state index contributed by atoms with van der Waals surface area (Å²) in [6.07, 6.45) is 3.26. The van der Waals surface area contributed by atoms with Gasteiger partial charge in [-0.1, -0.05) is 0 Å². The topological polar surface area (TPSA) is 99.3 Å². The van der Waals surface area contributed by atoms with Crippen molar-refractivity contribution < 1.29 is 14.5 Å². The number of nitro groups is 1. The summed E-state index contributed by atoms with van der Waals surface area (Å²) in [6, 6.07) is -0.699. The molecule has 8 heteroatoms. The molecule has 1 aliphatic heterocycles. The Labute approximate surface area is 122 Å². The number of nitrogens with zero attached hydrogens (tertiary/aromatic N) is 3.